The van der Waals surface area contributed by atoms with Gasteiger partial charge in [0.15, 0.2) is 11.5 Å². The molecule has 1 N–H and O–H groups in total. The van der Waals surface area contributed by atoms with Crippen LogP contribution in [-0.4, -0.2) is 20.8 Å². The molecule has 27 heavy (non-hydrogen) atoms. The largest absolute Gasteiger partial charge is 0.461 e. The molecule has 0 aliphatic rings. The van der Waals surface area contributed by atoms with Gasteiger partial charge in [0.05, 0.1) is 34.7 Å². The second kappa shape index (κ2) is 7.30. The first-order valence-electron chi connectivity index (χ1n) is 7.87. The van der Waals surface area contributed by atoms with Gasteiger partial charge in [-0.05, 0) is 29.8 Å². The summed E-state index contributed by atoms with van der Waals surface area (Å²) in [6.07, 6.45) is 4.76. The number of nitrogens with one attached hydrogen (secondary N) is 1. The van der Waals surface area contributed by atoms with Crippen LogP contribution < -0.4 is 5.32 Å². The number of furan rings is 1. The number of carbonyl (C=O) groups excluding carboxylic acids is 1. The van der Waals surface area contributed by atoms with Crippen LogP contribution in [0.3, 0.4) is 0 Å². The van der Waals surface area contributed by atoms with Gasteiger partial charge in [-0.1, -0.05) is 34.4 Å². The Kier molecular flexibility index (Phi) is 4.70. The summed E-state index contributed by atoms with van der Waals surface area (Å²) in [6, 6.07) is 10.3. The molecule has 9 heteroatoms. The fraction of sp³-hybridized carbons (Fsp3) is 0.0556. The van der Waals surface area contributed by atoms with Gasteiger partial charge in [0, 0.05) is 12.3 Å². The van der Waals surface area contributed by atoms with Gasteiger partial charge in [-0.3, -0.25) is 9.48 Å². The molecule has 1 aromatic carbocycles. The normalized spacial score (nSPS) is 10.9. The summed E-state index contributed by atoms with van der Waals surface area (Å²) in [7, 11) is 0. The lowest BCUT2D eigenvalue weighted by molar-refractivity contribution is 0.101. The molecular weight excluding hydrogens is 391 g/mol. The maximum atomic E-state index is 12.3. The van der Waals surface area contributed by atoms with Crippen LogP contribution >= 0.6 is 23.2 Å². The Morgan fingerprint density at radius 1 is 1.15 bits per heavy atom. The molecule has 0 spiro atoms. The van der Waals surface area contributed by atoms with E-state index in [9.17, 15) is 4.79 Å². The summed E-state index contributed by atoms with van der Waals surface area (Å²) in [4.78, 5) is 12.3. The van der Waals surface area contributed by atoms with Gasteiger partial charge >= 0.3 is 0 Å². The van der Waals surface area contributed by atoms with Crippen LogP contribution in [-0.2, 0) is 6.54 Å². The van der Waals surface area contributed by atoms with E-state index >= 15 is 0 Å². The lowest BCUT2D eigenvalue weighted by atomic mass is 10.2. The van der Waals surface area contributed by atoms with Crippen LogP contribution in [0.4, 0.5) is 5.69 Å². The third-order valence-corrected chi connectivity index (χ3v) is 4.47. The molecule has 1 amide bonds. The summed E-state index contributed by atoms with van der Waals surface area (Å²) < 4.78 is 12.0. The van der Waals surface area contributed by atoms with Crippen LogP contribution in [0.2, 0.25) is 10.0 Å². The number of hydrogen-bond acceptors (Lipinski definition) is 5. The van der Waals surface area contributed by atoms with Crippen molar-refractivity contribution in [1.29, 1.82) is 0 Å². The predicted molar refractivity (Wildman–Crippen MR) is 99.9 cm³/mol. The zero-order valence-corrected chi connectivity index (χ0v) is 15.2. The molecule has 7 nitrogen and oxygen atoms in total. The highest BCUT2D eigenvalue weighted by Crippen LogP contribution is 2.23. The molecule has 0 fully saturated rings. The Morgan fingerprint density at radius 2 is 2.04 bits per heavy atom. The third-order valence-electron chi connectivity index (χ3n) is 3.73. The Hall–Kier alpha value is -3.03. The van der Waals surface area contributed by atoms with Crippen molar-refractivity contribution in [2.75, 3.05) is 5.32 Å². The van der Waals surface area contributed by atoms with E-state index in [1.165, 1.54) is 12.3 Å². The number of carbonyl (C=O) groups is 1. The molecule has 0 saturated heterocycles. The Balaban J connectivity index is 1.43. The minimum atomic E-state index is -0.411. The summed E-state index contributed by atoms with van der Waals surface area (Å²) in [5, 5.41) is 11.7. The molecule has 3 heterocycles. The lowest BCUT2D eigenvalue weighted by Crippen LogP contribution is -2.11. The van der Waals surface area contributed by atoms with Crippen molar-refractivity contribution in [3.05, 3.63) is 76.4 Å². The fourth-order valence-corrected chi connectivity index (χ4v) is 2.77. The number of benzene rings is 1. The summed E-state index contributed by atoms with van der Waals surface area (Å²) in [5.41, 5.74) is 1.60. The fourth-order valence-electron chi connectivity index (χ4n) is 2.45. The van der Waals surface area contributed by atoms with E-state index in [1.54, 1.807) is 41.3 Å². The molecular formula is C18H12Cl2N4O3. The molecule has 0 radical (unpaired) electrons. The lowest BCUT2D eigenvalue weighted by Gasteiger charge is -2.03. The molecule has 3 aromatic heterocycles. The molecule has 0 aliphatic carbocycles. The Labute approximate surface area is 163 Å². The van der Waals surface area contributed by atoms with Crippen LogP contribution in [0.25, 0.3) is 11.5 Å². The number of amides is 1. The first kappa shape index (κ1) is 17.4. The summed E-state index contributed by atoms with van der Waals surface area (Å²) in [6.45, 7) is 0.485. The van der Waals surface area contributed by atoms with Crippen LogP contribution in [0.5, 0.6) is 0 Å². The van der Waals surface area contributed by atoms with Gasteiger partial charge in [-0.25, -0.2) is 0 Å². The molecule has 4 aromatic rings. The molecule has 0 bridgehead atoms. The predicted octanol–water partition coefficient (Wildman–Crippen LogP) is 4.74. The second-order valence-electron chi connectivity index (χ2n) is 5.68. The van der Waals surface area contributed by atoms with Gasteiger partial charge in [-0.15, -0.1) is 0 Å². The van der Waals surface area contributed by atoms with Crippen LogP contribution in [0, 0.1) is 0 Å². The zero-order chi connectivity index (χ0) is 18.8. The maximum absolute atomic E-state index is 12.3. The first-order valence-corrected chi connectivity index (χ1v) is 8.62. The molecule has 4 rings (SSSR count). The van der Waals surface area contributed by atoms with E-state index in [0.29, 0.717) is 33.8 Å². The molecule has 136 valence electrons. The number of anilines is 1. The van der Waals surface area contributed by atoms with Crippen molar-refractivity contribution in [2.45, 2.75) is 6.54 Å². The molecule has 0 atom stereocenters. The van der Waals surface area contributed by atoms with Crippen molar-refractivity contribution in [1.82, 2.24) is 14.9 Å². The molecule has 0 saturated carbocycles. The Bertz CT molecular complexity index is 1090. The molecule has 0 unspecified atom stereocenters. The van der Waals surface area contributed by atoms with Crippen molar-refractivity contribution < 1.29 is 13.7 Å². The van der Waals surface area contributed by atoms with Crippen molar-refractivity contribution in [3.63, 3.8) is 0 Å². The highest BCUT2D eigenvalue weighted by molar-refractivity contribution is 6.42. The second-order valence-corrected chi connectivity index (χ2v) is 6.50. The zero-order valence-electron chi connectivity index (χ0n) is 13.7. The monoisotopic (exact) mass is 402 g/mol. The van der Waals surface area contributed by atoms with Gasteiger partial charge in [0.1, 0.15) is 0 Å². The number of hydrogen-bond donors (Lipinski definition) is 1. The van der Waals surface area contributed by atoms with E-state index in [1.807, 2.05) is 6.07 Å². The minimum Gasteiger partial charge on any atom is -0.461 e. The average molecular weight is 403 g/mol. The van der Waals surface area contributed by atoms with Gasteiger partial charge in [-0.2, -0.15) is 5.10 Å². The highest BCUT2D eigenvalue weighted by atomic mass is 35.5. The van der Waals surface area contributed by atoms with Crippen molar-refractivity contribution in [2.24, 2.45) is 0 Å². The van der Waals surface area contributed by atoms with E-state index in [4.69, 9.17) is 32.1 Å². The smallest absolute Gasteiger partial charge is 0.277 e. The summed E-state index contributed by atoms with van der Waals surface area (Å²) in [5.74, 6) is 0.460. The minimum absolute atomic E-state index is 0.138. The van der Waals surface area contributed by atoms with Crippen molar-refractivity contribution >= 4 is 34.8 Å². The number of rotatable bonds is 5. The molecule has 0 aliphatic heterocycles. The number of halogens is 2. The quantitative estimate of drug-likeness (QED) is 0.520. The van der Waals surface area contributed by atoms with Gasteiger partial charge in [0.25, 0.3) is 5.91 Å². The Morgan fingerprint density at radius 3 is 2.81 bits per heavy atom. The first-order chi connectivity index (χ1) is 13.1. The standard InChI is InChI=1S/C18H12Cl2N4O3/c19-13-4-3-11(6-14(13)20)9-24-10-12(8-21-24)22-18(25)15-7-17(27-23-15)16-2-1-5-26-16/h1-8,10H,9H2,(H,22,25). The van der Waals surface area contributed by atoms with E-state index in [0.717, 1.165) is 5.56 Å². The topological polar surface area (TPSA) is 86.1 Å². The van der Waals surface area contributed by atoms with E-state index in [-0.39, 0.29) is 5.69 Å². The van der Waals surface area contributed by atoms with Gasteiger partial charge < -0.3 is 14.3 Å². The summed E-state index contributed by atoms with van der Waals surface area (Å²) >= 11 is 11.9. The highest BCUT2D eigenvalue weighted by Gasteiger charge is 2.16. The van der Waals surface area contributed by atoms with E-state index in [2.05, 4.69) is 15.6 Å². The van der Waals surface area contributed by atoms with Crippen LogP contribution in [0.15, 0.2) is 64.0 Å². The van der Waals surface area contributed by atoms with E-state index < -0.39 is 5.91 Å². The maximum Gasteiger partial charge on any atom is 0.277 e. The van der Waals surface area contributed by atoms with Gasteiger partial charge in [0.2, 0.25) is 5.76 Å². The van der Waals surface area contributed by atoms with Crippen LogP contribution in [0.1, 0.15) is 16.1 Å². The average Bonchev–Trinajstić information content (AvgIpc) is 3.38. The number of aromatic nitrogens is 3. The third kappa shape index (κ3) is 3.89. The SMILES string of the molecule is O=C(Nc1cnn(Cc2ccc(Cl)c(Cl)c2)c1)c1cc(-c2ccco2)on1. The van der Waals surface area contributed by atoms with Crippen molar-refractivity contribution in [3.8, 4) is 11.5 Å². The number of nitrogens with zero attached hydrogens (tertiary/aromatic N) is 3.